The number of anilines is 1. The van der Waals surface area contributed by atoms with Crippen LogP contribution in [0.3, 0.4) is 0 Å². The second-order valence-corrected chi connectivity index (χ2v) is 5.41. The maximum Gasteiger partial charge on any atom is 0.573 e. The van der Waals surface area contributed by atoms with E-state index in [0.29, 0.717) is 33.3 Å². The van der Waals surface area contributed by atoms with Gasteiger partial charge in [0.25, 0.3) is 0 Å². The largest absolute Gasteiger partial charge is 0.573 e. The van der Waals surface area contributed by atoms with Gasteiger partial charge in [0, 0.05) is 18.0 Å². The summed E-state index contributed by atoms with van der Waals surface area (Å²) in [6.07, 6.45) is -3.40. The molecule has 0 amide bonds. The van der Waals surface area contributed by atoms with E-state index < -0.39 is 6.36 Å². The fraction of sp³-hybridized carbons (Fsp3) is 0.133. The first-order valence-corrected chi connectivity index (χ1v) is 7.14. The van der Waals surface area contributed by atoms with E-state index in [-0.39, 0.29) is 11.6 Å². The summed E-state index contributed by atoms with van der Waals surface area (Å²) in [5, 5.41) is 5.51. The smallest absolute Gasteiger partial charge is 0.406 e. The molecule has 0 saturated heterocycles. The Morgan fingerprint density at radius 3 is 2.76 bits per heavy atom. The quantitative estimate of drug-likeness (QED) is 0.581. The number of aromatic nitrogens is 5. The third-order valence-electron chi connectivity index (χ3n) is 3.73. The van der Waals surface area contributed by atoms with E-state index in [0.717, 1.165) is 0 Å². The molecule has 0 atom stereocenters. The lowest BCUT2D eigenvalue weighted by Crippen LogP contribution is -2.16. The van der Waals surface area contributed by atoms with E-state index in [1.54, 1.807) is 17.8 Å². The van der Waals surface area contributed by atoms with Crippen molar-refractivity contribution in [2.45, 2.75) is 6.36 Å². The summed E-state index contributed by atoms with van der Waals surface area (Å²) in [6.45, 7) is 0. The van der Waals surface area contributed by atoms with Crippen LogP contribution in [0.2, 0.25) is 0 Å². The molecule has 128 valence electrons. The van der Waals surface area contributed by atoms with Gasteiger partial charge in [-0.1, -0.05) is 0 Å². The van der Waals surface area contributed by atoms with Gasteiger partial charge in [-0.2, -0.15) is 5.10 Å². The highest BCUT2D eigenvalue weighted by molar-refractivity contribution is 5.99. The second kappa shape index (κ2) is 5.10. The fourth-order valence-corrected chi connectivity index (χ4v) is 2.73. The van der Waals surface area contributed by atoms with Gasteiger partial charge < -0.3 is 15.5 Å². The summed E-state index contributed by atoms with van der Waals surface area (Å²) in [6, 6.07) is 5.72. The number of rotatable bonds is 2. The molecule has 1 aromatic carbocycles. The summed E-state index contributed by atoms with van der Waals surface area (Å²) < 4.78 is 42.6. The highest BCUT2D eigenvalue weighted by Crippen LogP contribution is 2.33. The van der Waals surface area contributed by atoms with Crippen molar-refractivity contribution in [2.24, 2.45) is 7.05 Å². The number of aromatic amines is 1. The lowest BCUT2D eigenvalue weighted by Gasteiger charge is -2.08. The van der Waals surface area contributed by atoms with Crippen LogP contribution in [0.4, 0.5) is 19.0 Å². The molecule has 0 spiro atoms. The average Bonchev–Trinajstić information content (AvgIpc) is 3.07. The molecule has 3 N–H and O–H groups in total. The normalized spacial score (nSPS) is 12.2. The number of hydrogen-bond donors (Lipinski definition) is 2. The van der Waals surface area contributed by atoms with Crippen molar-refractivity contribution < 1.29 is 17.9 Å². The zero-order valence-electron chi connectivity index (χ0n) is 12.8. The number of ether oxygens (including phenoxy) is 1. The van der Waals surface area contributed by atoms with Gasteiger partial charge in [-0.3, -0.25) is 0 Å². The van der Waals surface area contributed by atoms with Gasteiger partial charge in [-0.25, -0.2) is 14.6 Å². The summed E-state index contributed by atoms with van der Waals surface area (Å²) >= 11 is 0. The molecule has 7 nitrogen and oxygen atoms in total. The van der Waals surface area contributed by atoms with E-state index in [1.807, 2.05) is 0 Å². The van der Waals surface area contributed by atoms with Crippen LogP contribution in [0.5, 0.6) is 5.75 Å². The Kier molecular flexibility index (Phi) is 3.11. The van der Waals surface area contributed by atoms with Crippen molar-refractivity contribution in [1.29, 1.82) is 0 Å². The van der Waals surface area contributed by atoms with Gasteiger partial charge in [-0.15, -0.1) is 13.2 Å². The molecule has 0 saturated carbocycles. The predicted molar refractivity (Wildman–Crippen MR) is 84.7 cm³/mol. The molecule has 3 heterocycles. The molecule has 3 aromatic heterocycles. The average molecular weight is 348 g/mol. The molecule has 0 bridgehead atoms. The maximum absolute atomic E-state index is 12.4. The van der Waals surface area contributed by atoms with Crippen LogP contribution >= 0.6 is 0 Å². The molecule has 0 aliphatic heterocycles. The van der Waals surface area contributed by atoms with Crippen LogP contribution in [0.15, 0.2) is 30.6 Å². The molecule has 0 radical (unpaired) electrons. The van der Waals surface area contributed by atoms with Crippen LogP contribution in [0, 0.1) is 0 Å². The number of benzene rings is 1. The number of hydrogen-bond acceptors (Lipinski definition) is 5. The molecule has 10 heteroatoms. The number of fused-ring (bicyclic) bond motifs is 2. The number of alkyl halides is 3. The van der Waals surface area contributed by atoms with Crippen molar-refractivity contribution >= 4 is 27.8 Å². The van der Waals surface area contributed by atoms with E-state index in [1.165, 1.54) is 24.5 Å². The number of nitrogens with two attached hydrogens (primary N) is 1. The Morgan fingerprint density at radius 1 is 1.20 bits per heavy atom. The van der Waals surface area contributed by atoms with E-state index in [2.05, 4.69) is 24.8 Å². The molecule has 4 rings (SSSR count). The first-order valence-electron chi connectivity index (χ1n) is 7.14. The van der Waals surface area contributed by atoms with E-state index >= 15 is 0 Å². The minimum absolute atomic E-state index is 0.271. The van der Waals surface area contributed by atoms with Crippen molar-refractivity contribution in [2.75, 3.05) is 5.73 Å². The Bertz CT molecular complexity index is 1100. The SMILES string of the molecule is Cn1nc(-c2cc3cc(OC(F)(F)F)ccc3[nH]2)c2c(N)ncnc21. The fourth-order valence-electron chi connectivity index (χ4n) is 2.73. The van der Waals surface area contributed by atoms with Crippen LogP contribution in [-0.4, -0.2) is 31.1 Å². The number of nitrogen functional groups attached to an aromatic ring is 1. The maximum atomic E-state index is 12.4. The third kappa shape index (κ3) is 2.61. The molecule has 0 aliphatic rings. The number of nitrogens with zero attached hydrogens (tertiary/aromatic N) is 4. The standard InChI is InChI=1S/C15H11F3N6O/c1-24-14-11(13(19)20-6-21-14)12(23-24)10-5-7-4-8(25-15(16,17)18)2-3-9(7)22-10/h2-6,22H,1H3,(H2,19,20,21). The van der Waals surface area contributed by atoms with Crippen molar-refractivity contribution in [3.05, 3.63) is 30.6 Å². The molecule has 0 aliphatic carbocycles. The molecule has 25 heavy (non-hydrogen) atoms. The van der Waals surface area contributed by atoms with Crippen molar-refractivity contribution in [3.8, 4) is 17.1 Å². The lowest BCUT2D eigenvalue weighted by molar-refractivity contribution is -0.274. The van der Waals surface area contributed by atoms with E-state index in [9.17, 15) is 13.2 Å². The molecule has 0 unspecified atom stereocenters. The van der Waals surface area contributed by atoms with Crippen molar-refractivity contribution in [3.63, 3.8) is 0 Å². The molecular weight excluding hydrogens is 337 g/mol. The Morgan fingerprint density at radius 2 is 2.00 bits per heavy atom. The highest BCUT2D eigenvalue weighted by Gasteiger charge is 2.31. The Balaban J connectivity index is 1.85. The van der Waals surface area contributed by atoms with Crippen LogP contribution < -0.4 is 10.5 Å². The summed E-state index contributed by atoms with van der Waals surface area (Å²) in [7, 11) is 1.72. The molecule has 0 fully saturated rings. The molecular formula is C15H11F3N6O. The topological polar surface area (TPSA) is 94.6 Å². The monoisotopic (exact) mass is 348 g/mol. The minimum Gasteiger partial charge on any atom is -0.406 e. The summed E-state index contributed by atoms with van der Waals surface area (Å²) in [5.41, 5.74) is 8.24. The first kappa shape index (κ1) is 15.2. The Labute approximate surface area is 138 Å². The second-order valence-electron chi connectivity index (χ2n) is 5.41. The lowest BCUT2D eigenvalue weighted by atomic mass is 10.2. The van der Waals surface area contributed by atoms with Crippen LogP contribution in [-0.2, 0) is 7.05 Å². The van der Waals surface area contributed by atoms with Crippen molar-refractivity contribution in [1.82, 2.24) is 24.7 Å². The number of nitrogens with one attached hydrogen (secondary N) is 1. The van der Waals surface area contributed by atoms with Gasteiger partial charge in [0.2, 0.25) is 0 Å². The summed E-state index contributed by atoms with van der Waals surface area (Å²) in [5.74, 6) is -0.0212. The van der Waals surface area contributed by atoms with Crippen LogP contribution in [0.25, 0.3) is 33.3 Å². The minimum atomic E-state index is -4.74. The van der Waals surface area contributed by atoms with E-state index in [4.69, 9.17) is 5.73 Å². The van der Waals surface area contributed by atoms with Gasteiger partial charge in [0.05, 0.1) is 11.1 Å². The predicted octanol–water partition coefficient (Wildman–Crippen LogP) is 2.99. The Hall–Kier alpha value is -3.30. The number of aryl methyl sites for hydroxylation is 1. The molecule has 4 aromatic rings. The number of halogens is 3. The van der Waals surface area contributed by atoms with Crippen LogP contribution in [0.1, 0.15) is 0 Å². The summed E-state index contributed by atoms with van der Waals surface area (Å²) in [4.78, 5) is 11.2. The highest BCUT2D eigenvalue weighted by atomic mass is 19.4. The zero-order chi connectivity index (χ0) is 17.8. The first-order chi connectivity index (χ1) is 11.8. The van der Waals surface area contributed by atoms with Gasteiger partial charge in [0.15, 0.2) is 5.65 Å². The van der Waals surface area contributed by atoms with Gasteiger partial charge in [0.1, 0.15) is 23.6 Å². The van der Waals surface area contributed by atoms with Gasteiger partial charge in [-0.05, 0) is 24.3 Å². The third-order valence-corrected chi connectivity index (χ3v) is 3.73. The zero-order valence-corrected chi connectivity index (χ0v) is 12.8. The van der Waals surface area contributed by atoms with Gasteiger partial charge >= 0.3 is 6.36 Å². The number of H-pyrrole nitrogens is 1.